The molecule has 146 valence electrons. The van der Waals surface area contributed by atoms with E-state index < -0.39 is 16.0 Å². The van der Waals surface area contributed by atoms with Crippen LogP contribution in [0, 0.1) is 6.92 Å². The average Bonchev–Trinajstić information content (AvgIpc) is 3.14. The number of nitrogens with one attached hydrogen (secondary N) is 1. The van der Waals surface area contributed by atoms with Crippen LogP contribution in [0.1, 0.15) is 15.2 Å². The Bertz CT molecular complexity index is 1080. The van der Waals surface area contributed by atoms with Crippen LogP contribution in [0.5, 0.6) is 5.75 Å². The second-order valence-electron chi connectivity index (χ2n) is 6.00. The fraction of sp³-hybridized carbons (Fsp3) is 0.150. The lowest BCUT2D eigenvalue weighted by Gasteiger charge is -2.12. The van der Waals surface area contributed by atoms with Crippen molar-refractivity contribution in [3.8, 4) is 16.9 Å². The summed E-state index contributed by atoms with van der Waals surface area (Å²) in [6, 6.07) is 13.9. The van der Waals surface area contributed by atoms with E-state index in [1.807, 2.05) is 31.2 Å². The molecular formula is C20H19NO5S2. The summed E-state index contributed by atoms with van der Waals surface area (Å²) in [4.78, 5) is 12.1. The van der Waals surface area contributed by atoms with Crippen LogP contribution in [0.25, 0.3) is 11.1 Å². The minimum atomic E-state index is -4.05. The molecule has 0 aliphatic carbocycles. The summed E-state index contributed by atoms with van der Waals surface area (Å²) in [7, 11) is -1.29. The smallest absolute Gasteiger partial charge is 0.349 e. The highest BCUT2D eigenvalue weighted by molar-refractivity contribution is 7.93. The molecule has 28 heavy (non-hydrogen) atoms. The maximum atomic E-state index is 13.2. The number of aryl methyl sites for hydroxylation is 1. The van der Waals surface area contributed by atoms with E-state index in [-0.39, 0.29) is 9.77 Å². The average molecular weight is 418 g/mol. The first kappa shape index (κ1) is 19.9. The lowest BCUT2D eigenvalue weighted by molar-refractivity contribution is 0.0602. The van der Waals surface area contributed by atoms with Gasteiger partial charge in [0.05, 0.1) is 14.2 Å². The van der Waals surface area contributed by atoms with Crippen LogP contribution in [0.2, 0.25) is 0 Å². The van der Waals surface area contributed by atoms with Crippen LogP contribution in [0.15, 0.2) is 58.8 Å². The molecule has 0 saturated heterocycles. The zero-order valence-corrected chi connectivity index (χ0v) is 17.2. The molecule has 6 nitrogen and oxygen atoms in total. The Morgan fingerprint density at radius 3 is 2.21 bits per heavy atom. The predicted molar refractivity (Wildman–Crippen MR) is 110 cm³/mol. The monoisotopic (exact) mass is 417 g/mol. The summed E-state index contributed by atoms with van der Waals surface area (Å²) in [5.74, 6) is -0.0902. The largest absolute Gasteiger partial charge is 0.497 e. The predicted octanol–water partition coefficient (Wildman–Crippen LogP) is 4.32. The Kier molecular flexibility index (Phi) is 5.71. The lowest BCUT2D eigenvalue weighted by atomic mass is 10.1. The first-order chi connectivity index (χ1) is 13.4. The molecule has 1 N–H and O–H groups in total. The molecule has 0 unspecified atom stereocenters. The van der Waals surface area contributed by atoms with Crippen LogP contribution < -0.4 is 9.46 Å². The molecule has 0 bridgehead atoms. The fourth-order valence-corrected chi connectivity index (χ4v) is 5.42. The van der Waals surface area contributed by atoms with Crippen LogP contribution >= 0.6 is 11.3 Å². The summed E-state index contributed by atoms with van der Waals surface area (Å²) >= 11 is 1.04. The molecule has 1 aromatic heterocycles. The molecule has 0 radical (unpaired) electrons. The minimum Gasteiger partial charge on any atom is -0.497 e. The van der Waals surface area contributed by atoms with Crippen LogP contribution in [-0.2, 0) is 14.8 Å². The highest BCUT2D eigenvalue weighted by Crippen LogP contribution is 2.37. The number of sulfonamides is 1. The maximum absolute atomic E-state index is 13.2. The van der Waals surface area contributed by atoms with Gasteiger partial charge in [-0.3, -0.25) is 4.72 Å². The third-order valence-corrected chi connectivity index (χ3v) is 6.64. The molecule has 0 amide bonds. The van der Waals surface area contributed by atoms with Gasteiger partial charge in [0.2, 0.25) is 0 Å². The summed E-state index contributed by atoms with van der Waals surface area (Å²) in [5.41, 5.74) is 2.56. The number of ether oxygens (including phenoxy) is 2. The molecule has 3 rings (SSSR count). The number of carbonyl (C=O) groups excluding carboxylic acids is 1. The first-order valence-corrected chi connectivity index (χ1v) is 10.7. The molecule has 0 fully saturated rings. The number of benzene rings is 2. The van der Waals surface area contributed by atoms with Gasteiger partial charge in [0.15, 0.2) is 0 Å². The van der Waals surface area contributed by atoms with Gasteiger partial charge in [0.1, 0.15) is 15.5 Å². The Hall–Kier alpha value is -2.84. The summed E-state index contributed by atoms with van der Waals surface area (Å²) in [5, 5.41) is 1.65. The van der Waals surface area contributed by atoms with Gasteiger partial charge in [0.25, 0.3) is 10.0 Å². The number of hydrogen-bond acceptors (Lipinski definition) is 6. The van der Waals surface area contributed by atoms with Gasteiger partial charge < -0.3 is 9.47 Å². The van der Waals surface area contributed by atoms with Crippen LogP contribution in [-0.4, -0.2) is 28.6 Å². The number of rotatable bonds is 6. The van der Waals surface area contributed by atoms with Crippen molar-refractivity contribution in [3.05, 3.63) is 64.4 Å². The van der Waals surface area contributed by atoms with Gasteiger partial charge in [-0.05, 0) is 36.8 Å². The molecule has 0 aliphatic heterocycles. The van der Waals surface area contributed by atoms with Crippen molar-refractivity contribution in [3.63, 3.8) is 0 Å². The van der Waals surface area contributed by atoms with E-state index in [2.05, 4.69) is 4.72 Å². The van der Waals surface area contributed by atoms with Crippen molar-refractivity contribution in [2.75, 3.05) is 18.9 Å². The van der Waals surface area contributed by atoms with Gasteiger partial charge in [-0.1, -0.05) is 29.8 Å². The maximum Gasteiger partial charge on any atom is 0.349 e. The molecule has 0 aliphatic rings. The fourth-order valence-electron chi connectivity index (χ4n) is 2.65. The molecule has 2 aromatic carbocycles. The van der Waals surface area contributed by atoms with Crippen LogP contribution in [0.3, 0.4) is 0 Å². The van der Waals surface area contributed by atoms with Crippen molar-refractivity contribution in [1.29, 1.82) is 0 Å². The van der Waals surface area contributed by atoms with Gasteiger partial charge in [0, 0.05) is 16.6 Å². The summed E-state index contributed by atoms with van der Waals surface area (Å²) in [6.45, 7) is 1.94. The number of thiophene rings is 1. The second-order valence-corrected chi connectivity index (χ2v) is 8.50. The lowest BCUT2D eigenvalue weighted by Crippen LogP contribution is -2.16. The molecular weight excluding hydrogens is 398 g/mol. The third-order valence-electron chi connectivity index (χ3n) is 4.09. The summed E-state index contributed by atoms with van der Waals surface area (Å²) in [6.07, 6.45) is 0. The molecule has 0 spiro atoms. The van der Waals surface area contributed by atoms with Crippen molar-refractivity contribution < 1.29 is 22.7 Å². The quantitative estimate of drug-likeness (QED) is 0.604. The van der Waals surface area contributed by atoms with E-state index in [1.54, 1.807) is 29.6 Å². The first-order valence-electron chi connectivity index (χ1n) is 8.29. The number of anilines is 1. The van der Waals surface area contributed by atoms with Crippen molar-refractivity contribution >= 4 is 33.0 Å². The van der Waals surface area contributed by atoms with Crippen molar-refractivity contribution in [1.82, 2.24) is 0 Å². The van der Waals surface area contributed by atoms with Gasteiger partial charge >= 0.3 is 5.97 Å². The number of hydrogen-bond donors (Lipinski definition) is 1. The zero-order valence-electron chi connectivity index (χ0n) is 15.6. The van der Waals surface area contributed by atoms with Crippen LogP contribution in [0.4, 0.5) is 5.69 Å². The van der Waals surface area contributed by atoms with Gasteiger partial charge in [-0.25, -0.2) is 13.2 Å². The normalized spacial score (nSPS) is 11.1. The standard InChI is InChI=1S/C20H19NO5S2/c1-13-4-6-14(7-5-13)17-12-27-18(20(22)26-3)19(17)28(23,24)21-15-8-10-16(25-2)11-9-15/h4-12,21H,1-3H3. The highest BCUT2D eigenvalue weighted by atomic mass is 32.2. The van der Waals surface area contributed by atoms with Gasteiger partial charge in [-0.15, -0.1) is 11.3 Å². The highest BCUT2D eigenvalue weighted by Gasteiger charge is 2.30. The Labute approximate surface area is 167 Å². The van der Waals surface area contributed by atoms with E-state index in [1.165, 1.54) is 14.2 Å². The molecule has 0 saturated carbocycles. The van der Waals surface area contributed by atoms with E-state index in [4.69, 9.17) is 9.47 Å². The topological polar surface area (TPSA) is 81.7 Å². The Morgan fingerprint density at radius 1 is 1.00 bits per heavy atom. The van der Waals surface area contributed by atoms with E-state index >= 15 is 0 Å². The second kappa shape index (κ2) is 8.04. The molecule has 0 atom stereocenters. The Morgan fingerprint density at radius 2 is 1.64 bits per heavy atom. The van der Waals surface area contributed by atoms with Crippen molar-refractivity contribution in [2.24, 2.45) is 0 Å². The van der Waals surface area contributed by atoms with Gasteiger partial charge in [-0.2, -0.15) is 0 Å². The minimum absolute atomic E-state index is 0.0269. The Balaban J connectivity index is 2.09. The summed E-state index contributed by atoms with van der Waals surface area (Å²) < 4.78 is 38.8. The zero-order chi connectivity index (χ0) is 20.3. The molecule has 3 aromatic rings. The third kappa shape index (κ3) is 4.02. The van der Waals surface area contributed by atoms with E-state index in [0.717, 1.165) is 16.9 Å². The van der Waals surface area contributed by atoms with E-state index in [0.29, 0.717) is 22.6 Å². The number of methoxy groups -OCH3 is 2. The number of carbonyl (C=O) groups is 1. The molecule has 8 heteroatoms. The van der Waals surface area contributed by atoms with E-state index in [9.17, 15) is 13.2 Å². The SMILES string of the molecule is COC(=O)c1scc(-c2ccc(C)cc2)c1S(=O)(=O)Nc1ccc(OC)cc1. The number of esters is 1. The van der Waals surface area contributed by atoms with Crippen molar-refractivity contribution in [2.45, 2.75) is 11.8 Å². The molecule has 1 heterocycles.